The van der Waals surface area contributed by atoms with Crippen LogP contribution < -0.4 is 5.43 Å². The molecule has 1 amide bonds. The molecular weight excluding hydrogens is 335 g/mol. The van der Waals surface area contributed by atoms with E-state index in [2.05, 4.69) is 15.5 Å². The highest BCUT2D eigenvalue weighted by atomic mass is 19.4. The number of aryl methyl sites for hydroxylation is 1. The average molecular weight is 349 g/mol. The monoisotopic (exact) mass is 349 g/mol. The van der Waals surface area contributed by atoms with Crippen molar-refractivity contribution in [3.63, 3.8) is 0 Å². The Morgan fingerprint density at radius 3 is 2.44 bits per heavy atom. The van der Waals surface area contributed by atoms with Crippen LogP contribution in [0.5, 0.6) is 5.75 Å². The summed E-state index contributed by atoms with van der Waals surface area (Å²) in [5.41, 5.74) is 3.28. The van der Waals surface area contributed by atoms with Gasteiger partial charge in [0.15, 0.2) is 0 Å². The number of benzene rings is 1. The Morgan fingerprint density at radius 2 is 1.80 bits per heavy atom. The van der Waals surface area contributed by atoms with Crippen molar-refractivity contribution in [1.29, 1.82) is 0 Å². The molecule has 1 aromatic heterocycles. The van der Waals surface area contributed by atoms with Gasteiger partial charge in [0.1, 0.15) is 11.4 Å². The number of rotatable bonds is 4. The van der Waals surface area contributed by atoms with Crippen molar-refractivity contribution in [1.82, 2.24) is 10.4 Å². The van der Waals surface area contributed by atoms with Gasteiger partial charge in [-0.3, -0.25) is 4.79 Å². The van der Waals surface area contributed by atoms with Crippen LogP contribution in [0.1, 0.15) is 23.4 Å². The minimum absolute atomic E-state index is 0.159. The first-order chi connectivity index (χ1) is 11.8. The third kappa shape index (κ3) is 3.90. The summed E-state index contributed by atoms with van der Waals surface area (Å²) in [7, 11) is 0. The SMILES string of the molecule is O=C1NN=C(CCc2ccc(O)cc2)/C1=C/c1ccc(C(F)(F)F)[nH]1. The number of hydrazone groups is 1. The normalized spacial score (nSPS) is 16.2. The number of carbonyl (C=O) groups is 1. The molecule has 130 valence electrons. The number of nitrogens with zero attached hydrogens (tertiary/aromatic N) is 1. The van der Waals surface area contributed by atoms with Gasteiger partial charge in [0.2, 0.25) is 0 Å². The maximum atomic E-state index is 12.6. The topological polar surface area (TPSA) is 77.5 Å². The summed E-state index contributed by atoms with van der Waals surface area (Å²) in [4.78, 5) is 14.1. The number of H-pyrrole nitrogens is 1. The lowest BCUT2D eigenvalue weighted by molar-refractivity contribution is -0.140. The highest BCUT2D eigenvalue weighted by Gasteiger charge is 2.32. The molecule has 1 aliphatic rings. The van der Waals surface area contributed by atoms with E-state index >= 15 is 0 Å². The number of carbonyl (C=O) groups excluding carboxylic acids is 1. The Morgan fingerprint density at radius 1 is 1.08 bits per heavy atom. The van der Waals surface area contributed by atoms with E-state index in [1.54, 1.807) is 24.3 Å². The van der Waals surface area contributed by atoms with Crippen LogP contribution in [0, 0.1) is 0 Å². The van der Waals surface area contributed by atoms with Crippen molar-refractivity contribution in [3.05, 3.63) is 58.9 Å². The second-order valence-corrected chi connectivity index (χ2v) is 5.55. The second kappa shape index (κ2) is 6.46. The minimum Gasteiger partial charge on any atom is -0.508 e. The van der Waals surface area contributed by atoms with Crippen molar-refractivity contribution >= 4 is 17.7 Å². The molecule has 2 heterocycles. The van der Waals surface area contributed by atoms with Crippen LogP contribution in [-0.4, -0.2) is 21.7 Å². The fraction of sp³-hybridized carbons (Fsp3) is 0.176. The molecule has 0 spiro atoms. The third-order valence-corrected chi connectivity index (χ3v) is 3.75. The van der Waals surface area contributed by atoms with Crippen LogP contribution in [0.4, 0.5) is 13.2 Å². The number of phenolic OH excluding ortho intramolecular Hbond substituents is 1. The molecule has 0 aliphatic carbocycles. The Hall–Kier alpha value is -3.03. The molecule has 0 unspecified atom stereocenters. The Balaban J connectivity index is 1.75. The first-order valence-corrected chi connectivity index (χ1v) is 7.46. The summed E-state index contributed by atoms with van der Waals surface area (Å²) in [6.07, 6.45) is -2.11. The highest BCUT2D eigenvalue weighted by molar-refractivity contribution is 6.27. The van der Waals surface area contributed by atoms with Gasteiger partial charge in [0, 0.05) is 5.69 Å². The molecule has 1 aliphatic heterocycles. The van der Waals surface area contributed by atoms with Gasteiger partial charge in [-0.05, 0) is 48.7 Å². The summed E-state index contributed by atoms with van der Waals surface area (Å²) in [6, 6.07) is 8.81. The molecule has 0 saturated heterocycles. The van der Waals surface area contributed by atoms with E-state index in [4.69, 9.17) is 0 Å². The summed E-state index contributed by atoms with van der Waals surface area (Å²) >= 11 is 0. The molecule has 0 radical (unpaired) electrons. The van der Waals surface area contributed by atoms with Gasteiger partial charge in [-0.15, -0.1) is 0 Å². The van der Waals surface area contributed by atoms with E-state index in [0.29, 0.717) is 18.6 Å². The molecule has 3 N–H and O–H groups in total. The van der Waals surface area contributed by atoms with E-state index in [9.17, 15) is 23.1 Å². The number of aromatic amines is 1. The first-order valence-electron chi connectivity index (χ1n) is 7.46. The average Bonchev–Trinajstić information content (AvgIpc) is 3.16. The van der Waals surface area contributed by atoms with E-state index in [0.717, 1.165) is 11.6 Å². The van der Waals surface area contributed by atoms with Gasteiger partial charge in [-0.1, -0.05) is 12.1 Å². The molecular formula is C17H14F3N3O2. The molecule has 0 saturated carbocycles. The van der Waals surface area contributed by atoms with Crippen LogP contribution in [-0.2, 0) is 17.4 Å². The first kappa shape index (κ1) is 16.8. The molecule has 25 heavy (non-hydrogen) atoms. The van der Waals surface area contributed by atoms with Crippen molar-refractivity contribution in [2.45, 2.75) is 19.0 Å². The van der Waals surface area contributed by atoms with Crippen molar-refractivity contribution in [2.24, 2.45) is 5.10 Å². The number of aromatic nitrogens is 1. The number of hydrogen-bond acceptors (Lipinski definition) is 3. The minimum atomic E-state index is -4.47. The van der Waals surface area contributed by atoms with Gasteiger partial charge in [-0.25, -0.2) is 5.43 Å². The van der Waals surface area contributed by atoms with Gasteiger partial charge in [0.25, 0.3) is 5.91 Å². The Bertz CT molecular complexity index is 849. The van der Waals surface area contributed by atoms with Crippen molar-refractivity contribution in [2.75, 3.05) is 0 Å². The smallest absolute Gasteiger partial charge is 0.431 e. The van der Waals surface area contributed by atoms with Crippen LogP contribution in [0.15, 0.2) is 47.1 Å². The standard InChI is InChI=1S/C17H14F3N3O2/c18-17(19,20)15-8-4-11(21-15)9-13-14(22-23-16(13)25)7-3-10-1-5-12(24)6-2-10/h1-2,4-6,8-9,21,24H,3,7H2,(H,23,25)/b13-9-. The lowest BCUT2D eigenvalue weighted by atomic mass is 10.0. The number of amides is 1. The fourth-order valence-corrected chi connectivity index (χ4v) is 2.45. The number of alkyl halides is 3. The number of phenols is 1. The maximum absolute atomic E-state index is 12.6. The van der Waals surface area contributed by atoms with Gasteiger partial charge in [-0.2, -0.15) is 18.3 Å². The predicted octanol–water partition coefficient (Wildman–Crippen LogP) is 3.24. The lowest BCUT2D eigenvalue weighted by Gasteiger charge is -2.03. The molecule has 0 bridgehead atoms. The van der Waals surface area contributed by atoms with Crippen molar-refractivity contribution in [3.8, 4) is 5.75 Å². The molecule has 2 aromatic rings. The van der Waals surface area contributed by atoms with Crippen LogP contribution in [0.2, 0.25) is 0 Å². The van der Waals surface area contributed by atoms with E-state index in [-0.39, 0.29) is 17.0 Å². The van der Waals surface area contributed by atoms with Crippen LogP contribution >= 0.6 is 0 Å². The molecule has 3 rings (SSSR count). The van der Waals surface area contributed by atoms with Gasteiger partial charge in [0.05, 0.1) is 11.3 Å². The fourth-order valence-electron chi connectivity index (χ4n) is 2.45. The number of halogens is 3. The van der Waals surface area contributed by atoms with E-state index < -0.39 is 17.8 Å². The predicted molar refractivity (Wildman–Crippen MR) is 85.8 cm³/mol. The number of hydrogen-bond donors (Lipinski definition) is 3. The summed E-state index contributed by atoms with van der Waals surface area (Å²) < 4.78 is 37.9. The molecule has 0 fully saturated rings. The zero-order valence-corrected chi connectivity index (χ0v) is 12.9. The number of aromatic hydroxyl groups is 1. The molecule has 0 atom stereocenters. The molecule has 8 heteroatoms. The molecule has 5 nitrogen and oxygen atoms in total. The van der Waals surface area contributed by atoms with Crippen LogP contribution in [0.25, 0.3) is 6.08 Å². The summed E-state index contributed by atoms with van der Waals surface area (Å²) in [5, 5.41) is 13.2. The Labute approximate surface area is 140 Å². The van der Waals surface area contributed by atoms with E-state index in [1.807, 2.05) is 0 Å². The lowest BCUT2D eigenvalue weighted by Crippen LogP contribution is -2.13. The maximum Gasteiger partial charge on any atom is 0.431 e. The highest BCUT2D eigenvalue weighted by Crippen LogP contribution is 2.29. The summed E-state index contributed by atoms with van der Waals surface area (Å²) in [5.74, 6) is -0.296. The van der Waals surface area contributed by atoms with Gasteiger partial charge >= 0.3 is 6.18 Å². The van der Waals surface area contributed by atoms with Gasteiger partial charge < -0.3 is 10.1 Å². The second-order valence-electron chi connectivity index (χ2n) is 5.55. The number of nitrogens with one attached hydrogen (secondary N) is 2. The Kier molecular flexibility index (Phi) is 4.35. The van der Waals surface area contributed by atoms with Crippen LogP contribution in [0.3, 0.4) is 0 Å². The van der Waals surface area contributed by atoms with Crippen molar-refractivity contribution < 1.29 is 23.1 Å². The third-order valence-electron chi connectivity index (χ3n) is 3.75. The zero-order valence-electron chi connectivity index (χ0n) is 12.9. The zero-order chi connectivity index (χ0) is 18.0. The summed E-state index contributed by atoms with van der Waals surface area (Å²) in [6.45, 7) is 0. The quantitative estimate of drug-likeness (QED) is 0.741. The largest absolute Gasteiger partial charge is 0.508 e. The van der Waals surface area contributed by atoms with E-state index in [1.165, 1.54) is 12.1 Å². The molecule has 1 aromatic carbocycles.